The van der Waals surface area contributed by atoms with Crippen LogP contribution in [0.3, 0.4) is 0 Å². The van der Waals surface area contributed by atoms with Crippen molar-refractivity contribution in [3.05, 3.63) is 23.3 Å². The molecule has 0 bridgehead atoms. The molecule has 108 valence electrons. The summed E-state index contributed by atoms with van der Waals surface area (Å²) in [6.07, 6.45) is 0.669. The number of carboxylic acid groups (broad SMARTS) is 1. The number of fused-ring (bicyclic) bond motifs is 1. The van der Waals surface area contributed by atoms with Gasteiger partial charge in [0.05, 0.1) is 12.1 Å². The third kappa shape index (κ3) is 3.14. The molecular formula is C14H20N4O2. The Bertz CT molecular complexity index is 619. The molecule has 0 aliphatic carbocycles. The fraction of sp³-hybridized carbons (Fsp3) is 0.500. The first-order valence-corrected chi connectivity index (χ1v) is 6.67. The molecule has 1 N–H and O–H groups in total. The van der Waals surface area contributed by atoms with Crippen molar-refractivity contribution in [3.63, 3.8) is 0 Å². The number of benzene rings is 1. The molecule has 0 aliphatic heterocycles. The van der Waals surface area contributed by atoms with Gasteiger partial charge in [0.2, 0.25) is 0 Å². The number of carboxylic acids is 1. The van der Waals surface area contributed by atoms with Gasteiger partial charge >= 0.3 is 5.97 Å². The molecule has 6 heteroatoms. The Labute approximate surface area is 118 Å². The Morgan fingerprint density at radius 3 is 2.80 bits per heavy atom. The molecule has 1 aromatic carbocycles. The van der Waals surface area contributed by atoms with Gasteiger partial charge in [0, 0.05) is 13.0 Å². The van der Waals surface area contributed by atoms with Gasteiger partial charge in [0.15, 0.2) is 0 Å². The van der Waals surface area contributed by atoms with Crippen LogP contribution in [0.4, 0.5) is 0 Å². The molecule has 2 rings (SSSR count). The maximum atomic E-state index is 10.7. The third-order valence-corrected chi connectivity index (χ3v) is 3.42. The average molecular weight is 276 g/mol. The zero-order valence-corrected chi connectivity index (χ0v) is 12.1. The summed E-state index contributed by atoms with van der Waals surface area (Å²) in [7, 11) is 4.04. The maximum absolute atomic E-state index is 10.7. The second-order valence-corrected chi connectivity index (χ2v) is 5.23. The van der Waals surface area contributed by atoms with E-state index in [0.717, 1.165) is 35.2 Å². The van der Waals surface area contributed by atoms with E-state index in [1.54, 1.807) is 0 Å². The molecule has 0 saturated carbocycles. The van der Waals surface area contributed by atoms with E-state index in [1.165, 1.54) is 0 Å². The summed E-state index contributed by atoms with van der Waals surface area (Å²) in [5.41, 5.74) is 3.93. The minimum absolute atomic E-state index is 0.140. The van der Waals surface area contributed by atoms with Crippen molar-refractivity contribution in [1.82, 2.24) is 19.9 Å². The van der Waals surface area contributed by atoms with E-state index in [0.29, 0.717) is 6.42 Å². The van der Waals surface area contributed by atoms with Crippen LogP contribution < -0.4 is 0 Å². The van der Waals surface area contributed by atoms with E-state index in [9.17, 15) is 4.79 Å². The molecule has 0 aliphatic rings. The van der Waals surface area contributed by atoms with Crippen molar-refractivity contribution in [2.75, 3.05) is 20.6 Å². The van der Waals surface area contributed by atoms with Crippen LogP contribution in [-0.4, -0.2) is 51.6 Å². The Morgan fingerprint density at radius 2 is 2.15 bits per heavy atom. The van der Waals surface area contributed by atoms with Crippen LogP contribution in [0.5, 0.6) is 0 Å². The largest absolute Gasteiger partial charge is 0.481 e. The first kappa shape index (κ1) is 14.5. The molecule has 1 aromatic heterocycles. The molecule has 20 heavy (non-hydrogen) atoms. The van der Waals surface area contributed by atoms with Gasteiger partial charge in [-0.25, -0.2) is 4.68 Å². The van der Waals surface area contributed by atoms with E-state index in [1.807, 2.05) is 37.8 Å². The summed E-state index contributed by atoms with van der Waals surface area (Å²) in [4.78, 5) is 12.8. The minimum Gasteiger partial charge on any atom is -0.481 e. The van der Waals surface area contributed by atoms with Crippen molar-refractivity contribution < 1.29 is 9.90 Å². The SMILES string of the molecule is Cc1c(CCC(=O)O)ccc2c1nnn2CCN(C)C. The summed E-state index contributed by atoms with van der Waals surface area (Å²) in [6.45, 7) is 3.67. The van der Waals surface area contributed by atoms with Gasteiger partial charge in [0.25, 0.3) is 0 Å². The van der Waals surface area contributed by atoms with Crippen LogP contribution in [0.2, 0.25) is 0 Å². The van der Waals surface area contributed by atoms with Gasteiger partial charge in [-0.1, -0.05) is 11.3 Å². The quantitative estimate of drug-likeness (QED) is 0.861. The van der Waals surface area contributed by atoms with Crippen LogP contribution in [0.1, 0.15) is 17.5 Å². The lowest BCUT2D eigenvalue weighted by atomic mass is 10.0. The van der Waals surface area contributed by atoms with Crippen molar-refractivity contribution >= 4 is 17.0 Å². The number of rotatable bonds is 6. The lowest BCUT2D eigenvalue weighted by molar-refractivity contribution is -0.136. The zero-order chi connectivity index (χ0) is 14.7. The molecular weight excluding hydrogens is 256 g/mol. The molecule has 6 nitrogen and oxygen atoms in total. The summed E-state index contributed by atoms with van der Waals surface area (Å²) in [5, 5.41) is 17.2. The molecule has 0 fully saturated rings. The topological polar surface area (TPSA) is 71.2 Å². The van der Waals surface area contributed by atoms with E-state index < -0.39 is 5.97 Å². The van der Waals surface area contributed by atoms with Crippen molar-refractivity contribution in [2.24, 2.45) is 0 Å². The molecule has 0 spiro atoms. The highest BCUT2D eigenvalue weighted by molar-refractivity contribution is 5.79. The molecule has 0 unspecified atom stereocenters. The van der Waals surface area contributed by atoms with Gasteiger partial charge in [-0.2, -0.15) is 0 Å². The zero-order valence-electron chi connectivity index (χ0n) is 12.1. The summed E-state index contributed by atoms with van der Waals surface area (Å²) in [6, 6.07) is 3.96. The predicted molar refractivity (Wildman–Crippen MR) is 76.8 cm³/mol. The fourth-order valence-corrected chi connectivity index (χ4v) is 2.18. The van der Waals surface area contributed by atoms with E-state index >= 15 is 0 Å². The highest BCUT2D eigenvalue weighted by Crippen LogP contribution is 2.20. The van der Waals surface area contributed by atoms with Crippen molar-refractivity contribution in [3.8, 4) is 0 Å². The molecule has 0 saturated heterocycles. The number of aliphatic carboxylic acids is 1. The van der Waals surface area contributed by atoms with Crippen molar-refractivity contribution in [1.29, 1.82) is 0 Å². The van der Waals surface area contributed by atoms with Gasteiger partial charge < -0.3 is 10.0 Å². The molecule has 0 atom stereocenters. The van der Waals surface area contributed by atoms with Gasteiger partial charge in [0.1, 0.15) is 5.52 Å². The van der Waals surface area contributed by atoms with E-state index in [-0.39, 0.29) is 6.42 Å². The summed E-state index contributed by atoms with van der Waals surface area (Å²) >= 11 is 0. The number of likely N-dealkylation sites (N-methyl/N-ethyl adjacent to an activating group) is 1. The highest BCUT2D eigenvalue weighted by atomic mass is 16.4. The van der Waals surface area contributed by atoms with E-state index in [4.69, 9.17) is 5.11 Å². The van der Waals surface area contributed by atoms with Crippen LogP contribution in [0.25, 0.3) is 11.0 Å². The normalized spacial score (nSPS) is 11.4. The van der Waals surface area contributed by atoms with Crippen LogP contribution in [0, 0.1) is 6.92 Å². The molecule has 0 radical (unpaired) electrons. The second-order valence-electron chi connectivity index (χ2n) is 5.23. The summed E-state index contributed by atoms with van der Waals surface area (Å²) < 4.78 is 1.89. The highest BCUT2D eigenvalue weighted by Gasteiger charge is 2.11. The second kappa shape index (κ2) is 6.00. The smallest absolute Gasteiger partial charge is 0.303 e. The number of carbonyl (C=O) groups is 1. The molecule has 1 heterocycles. The third-order valence-electron chi connectivity index (χ3n) is 3.42. The average Bonchev–Trinajstić information content (AvgIpc) is 2.79. The standard InChI is InChI=1S/C14H20N4O2/c1-10-11(5-7-13(19)20)4-6-12-14(10)15-16-18(12)9-8-17(2)3/h4,6H,5,7-9H2,1-3H3,(H,19,20). The minimum atomic E-state index is -0.779. The lowest BCUT2D eigenvalue weighted by Gasteiger charge is -2.10. The van der Waals surface area contributed by atoms with E-state index in [2.05, 4.69) is 15.2 Å². The fourth-order valence-electron chi connectivity index (χ4n) is 2.18. The first-order chi connectivity index (χ1) is 9.49. The van der Waals surface area contributed by atoms with Crippen molar-refractivity contribution in [2.45, 2.75) is 26.3 Å². The van der Waals surface area contributed by atoms with Gasteiger partial charge in [-0.3, -0.25) is 4.79 Å². The van der Waals surface area contributed by atoms with Gasteiger partial charge in [-0.05, 0) is 44.6 Å². The van der Waals surface area contributed by atoms with Crippen LogP contribution in [-0.2, 0) is 17.8 Å². The number of aryl methyl sites for hydroxylation is 2. The Morgan fingerprint density at radius 1 is 1.40 bits per heavy atom. The Balaban J connectivity index is 2.26. The number of hydrogen-bond acceptors (Lipinski definition) is 4. The van der Waals surface area contributed by atoms with Gasteiger partial charge in [-0.15, -0.1) is 5.10 Å². The Hall–Kier alpha value is -1.95. The first-order valence-electron chi connectivity index (χ1n) is 6.67. The van der Waals surface area contributed by atoms with Crippen LogP contribution in [0.15, 0.2) is 12.1 Å². The molecule has 0 amide bonds. The number of hydrogen-bond donors (Lipinski definition) is 1. The number of nitrogens with zero attached hydrogens (tertiary/aromatic N) is 4. The number of aromatic nitrogens is 3. The lowest BCUT2D eigenvalue weighted by Crippen LogP contribution is -2.19. The molecule has 2 aromatic rings. The summed E-state index contributed by atoms with van der Waals surface area (Å²) in [5.74, 6) is -0.779. The Kier molecular flexibility index (Phi) is 4.34. The predicted octanol–water partition coefficient (Wildman–Crippen LogP) is 1.32. The monoisotopic (exact) mass is 276 g/mol. The van der Waals surface area contributed by atoms with Crippen LogP contribution >= 0.6 is 0 Å². The maximum Gasteiger partial charge on any atom is 0.303 e.